The lowest BCUT2D eigenvalue weighted by atomic mass is 9.87. The van der Waals surface area contributed by atoms with Gasteiger partial charge in [0.25, 0.3) is 11.3 Å². The lowest BCUT2D eigenvalue weighted by molar-refractivity contribution is 0.102. The van der Waals surface area contributed by atoms with Crippen molar-refractivity contribution in [2.75, 3.05) is 19.0 Å². The second kappa shape index (κ2) is 7.45. The van der Waals surface area contributed by atoms with Crippen molar-refractivity contribution in [3.05, 3.63) is 58.6 Å². The first-order valence-electron chi connectivity index (χ1n) is 8.67. The van der Waals surface area contributed by atoms with E-state index in [1.54, 1.807) is 6.07 Å². The molecule has 0 aliphatic carbocycles. The number of fused-ring (bicyclic) bond motifs is 1. The highest BCUT2D eigenvalue weighted by Gasteiger charge is 2.60. The predicted octanol–water partition coefficient (Wildman–Crippen LogP) is 2.20. The molecule has 2 aromatic rings. The van der Waals surface area contributed by atoms with E-state index in [1.165, 1.54) is 41.8 Å². The van der Waals surface area contributed by atoms with E-state index in [1.807, 2.05) is 0 Å². The molecule has 3 heterocycles. The van der Waals surface area contributed by atoms with Crippen LogP contribution in [0.4, 0.5) is 10.1 Å². The van der Waals surface area contributed by atoms with Gasteiger partial charge in [-0.25, -0.2) is 9.37 Å². The molecule has 0 saturated carbocycles. The lowest BCUT2D eigenvalue weighted by Crippen LogP contribution is -2.65. The number of hydrogen-bond acceptors (Lipinski definition) is 5. The monoisotopic (exact) mass is 437 g/mol. The maximum Gasteiger partial charge on any atom is 0.274 e. The van der Waals surface area contributed by atoms with E-state index in [2.05, 4.69) is 15.6 Å². The molecule has 1 aromatic carbocycles. The zero-order valence-corrected chi connectivity index (χ0v) is 16.8. The standard InChI is InChI=1S/C18H17ClFN5O3S/c1-25-17(21)24-18(6-7-28-16(18)29(25)27)12-8-11(3-4-13(12)20)23-15(26)14-5-2-10(19)9-22-14/h2-5,8-9,16H,6-7H2,1H3,(H2,21,24)(H,23,26). The van der Waals surface area contributed by atoms with E-state index >= 15 is 0 Å². The van der Waals surface area contributed by atoms with Crippen molar-refractivity contribution in [1.82, 2.24) is 14.6 Å². The third-order valence-corrected chi connectivity index (χ3v) is 6.79. The van der Waals surface area contributed by atoms with Gasteiger partial charge in [0.15, 0.2) is 0 Å². The van der Waals surface area contributed by atoms with Gasteiger partial charge in [-0.1, -0.05) is 11.6 Å². The lowest BCUT2D eigenvalue weighted by Gasteiger charge is -2.43. The molecule has 152 valence electrons. The summed E-state index contributed by atoms with van der Waals surface area (Å²) in [6.07, 6.45) is 1.68. The van der Waals surface area contributed by atoms with Crippen molar-refractivity contribution in [1.29, 1.82) is 5.41 Å². The number of carbonyl (C=O) groups excluding carboxylic acids is 1. The molecule has 0 bridgehead atoms. The molecule has 4 rings (SSSR count). The van der Waals surface area contributed by atoms with Gasteiger partial charge in [0.1, 0.15) is 28.4 Å². The van der Waals surface area contributed by atoms with Crippen LogP contribution in [0.1, 0.15) is 22.5 Å². The second-order valence-corrected chi connectivity index (χ2v) is 8.65. The highest BCUT2D eigenvalue weighted by atomic mass is 35.5. The number of nitrogens with one attached hydrogen (secondary N) is 3. The van der Waals surface area contributed by atoms with Crippen LogP contribution in [0.25, 0.3) is 0 Å². The summed E-state index contributed by atoms with van der Waals surface area (Å²) in [5.41, 5.74) is -1.37. The molecular weight excluding hydrogens is 421 g/mol. The highest BCUT2D eigenvalue weighted by molar-refractivity contribution is 7.90. The zero-order valence-electron chi connectivity index (χ0n) is 15.2. The molecule has 2 aliphatic heterocycles. The number of rotatable bonds is 3. The van der Waals surface area contributed by atoms with Crippen LogP contribution in [0.3, 0.4) is 0 Å². The van der Waals surface area contributed by atoms with Crippen LogP contribution in [-0.4, -0.2) is 44.8 Å². The van der Waals surface area contributed by atoms with Crippen LogP contribution in [-0.2, 0) is 21.6 Å². The largest absolute Gasteiger partial charge is 0.591 e. The molecule has 0 spiro atoms. The molecule has 2 saturated heterocycles. The third kappa shape index (κ3) is 3.42. The molecule has 1 aromatic heterocycles. The Balaban J connectivity index is 1.67. The summed E-state index contributed by atoms with van der Waals surface area (Å²) in [5, 5.41) is 14.1. The number of halogens is 2. The smallest absolute Gasteiger partial charge is 0.274 e. The molecule has 3 N–H and O–H groups in total. The number of guanidine groups is 1. The molecule has 29 heavy (non-hydrogen) atoms. The molecule has 8 nitrogen and oxygen atoms in total. The van der Waals surface area contributed by atoms with Crippen molar-refractivity contribution in [3.8, 4) is 0 Å². The minimum atomic E-state index is -1.67. The number of amides is 1. The maximum absolute atomic E-state index is 14.8. The van der Waals surface area contributed by atoms with E-state index in [-0.39, 0.29) is 23.8 Å². The van der Waals surface area contributed by atoms with Crippen molar-refractivity contribution in [3.63, 3.8) is 0 Å². The molecule has 1 amide bonds. The number of carbonyl (C=O) groups is 1. The number of pyridine rings is 1. The predicted molar refractivity (Wildman–Crippen MR) is 106 cm³/mol. The fourth-order valence-corrected chi connectivity index (χ4v) is 4.93. The fraction of sp³-hybridized carbons (Fsp3) is 0.278. The molecule has 0 radical (unpaired) electrons. The zero-order chi connectivity index (χ0) is 20.8. The summed E-state index contributed by atoms with van der Waals surface area (Å²) in [4.78, 5) is 16.4. The van der Waals surface area contributed by atoms with Crippen molar-refractivity contribution >= 4 is 40.5 Å². The Hall–Kier alpha value is -2.40. The Kier molecular flexibility index (Phi) is 5.11. The molecule has 2 fully saturated rings. The van der Waals surface area contributed by atoms with E-state index in [9.17, 15) is 13.7 Å². The summed E-state index contributed by atoms with van der Waals surface area (Å²) in [6.45, 7) is 0.259. The average molecular weight is 438 g/mol. The van der Waals surface area contributed by atoms with Crippen LogP contribution in [0, 0.1) is 11.2 Å². The van der Waals surface area contributed by atoms with E-state index < -0.39 is 34.1 Å². The quantitative estimate of drug-likeness (QED) is 0.634. The van der Waals surface area contributed by atoms with Crippen LogP contribution in [0.2, 0.25) is 5.02 Å². The van der Waals surface area contributed by atoms with Gasteiger partial charge in [-0.2, -0.15) is 4.31 Å². The first kappa shape index (κ1) is 19.9. The summed E-state index contributed by atoms with van der Waals surface area (Å²) in [5.74, 6) is -1.13. The summed E-state index contributed by atoms with van der Waals surface area (Å²) in [7, 11) is 1.50. The summed E-state index contributed by atoms with van der Waals surface area (Å²) >= 11 is 4.11. The number of nitrogens with zero attached hydrogens (tertiary/aromatic N) is 2. The number of benzene rings is 1. The minimum Gasteiger partial charge on any atom is -0.591 e. The maximum atomic E-state index is 14.8. The van der Waals surface area contributed by atoms with Crippen LogP contribution in [0.5, 0.6) is 0 Å². The van der Waals surface area contributed by atoms with Gasteiger partial charge in [-0.3, -0.25) is 10.2 Å². The van der Waals surface area contributed by atoms with Gasteiger partial charge < -0.3 is 19.9 Å². The number of aromatic nitrogens is 1. The topological polar surface area (TPSA) is 113 Å². The van der Waals surface area contributed by atoms with E-state index in [4.69, 9.17) is 21.7 Å². The van der Waals surface area contributed by atoms with Gasteiger partial charge in [-0.15, -0.1) is 0 Å². The SMILES string of the molecule is CN1C(=N)NC2(c3cc(NC(=O)c4ccc(Cl)cn4)ccc3F)CCOC2[S+]1[O-]. The Labute approximate surface area is 174 Å². The Bertz CT molecular complexity index is 978. The molecule has 3 atom stereocenters. The molecular formula is C18H17ClFN5O3S. The summed E-state index contributed by atoms with van der Waals surface area (Å²) < 4.78 is 34.4. The molecule has 2 aliphatic rings. The highest BCUT2D eigenvalue weighted by Crippen LogP contribution is 2.43. The second-order valence-electron chi connectivity index (χ2n) is 6.68. The van der Waals surface area contributed by atoms with Gasteiger partial charge in [-0.05, 0) is 30.3 Å². The number of ether oxygens (including phenoxy) is 1. The van der Waals surface area contributed by atoms with E-state index in [0.717, 1.165) is 0 Å². The molecule has 11 heteroatoms. The van der Waals surface area contributed by atoms with Gasteiger partial charge >= 0.3 is 0 Å². The van der Waals surface area contributed by atoms with Gasteiger partial charge in [0.05, 0.1) is 18.7 Å². The normalized spacial score (nSPS) is 26.1. The van der Waals surface area contributed by atoms with Crippen LogP contribution >= 0.6 is 11.6 Å². The average Bonchev–Trinajstić information content (AvgIpc) is 3.13. The van der Waals surface area contributed by atoms with Crippen molar-refractivity contribution in [2.24, 2.45) is 0 Å². The van der Waals surface area contributed by atoms with E-state index in [0.29, 0.717) is 17.1 Å². The third-order valence-electron chi connectivity index (χ3n) is 4.94. The van der Waals surface area contributed by atoms with Crippen molar-refractivity contribution < 1.29 is 18.5 Å². The van der Waals surface area contributed by atoms with Crippen molar-refractivity contribution in [2.45, 2.75) is 17.4 Å². The minimum absolute atomic E-state index is 0.0933. The fourth-order valence-electron chi connectivity index (χ4n) is 3.44. The number of anilines is 1. The van der Waals surface area contributed by atoms with Crippen LogP contribution in [0.15, 0.2) is 36.5 Å². The first-order valence-corrected chi connectivity index (χ1v) is 10.2. The Morgan fingerprint density at radius 1 is 1.52 bits per heavy atom. The number of hydrogen-bond donors (Lipinski definition) is 3. The summed E-state index contributed by atoms with van der Waals surface area (Å²) in [6, 6.07) is 7.13. The van der Waals surface area contributed by atoms with Gasteiger partial charge in [0, 0.05) is 23.9 Å². The Morgan fingerprint density at radius 3 is 3.03 bits per heavy atom. The van der Waals surface area contributed by atoms with Crippen LogP contribution < -0.4 is 10.6 Å². The van der Waals surface area contributed by atoms with Gasteiger partial charge in [0.2, 0.25) is 5.96 Å². The first-order chi connectivity index (χ1) is 13.8. The molecule has 3 unspecified atom stereocenters. The Morgan fingerprint density at radius 2 is 2.31 bits per heavy atom.